The molecule has 2 atom stereocenters. The van der Waals surface area contributed by atoms with Gasteiger partial charge in [-0.25, -0.2) is 4.67 Å². The van der Waals surface area contributed by atoms with E-state index in [2.05, 4.69) is 49.5 Å². The van der Waals surface area contributed by atoms with Crippen molar-refractivity contribution >= 4 is 30.1 Å². The van der Waals surface area contributed by atoms with Crippen LogP contribution in [0.1, 0.15) is 51.4 Å². The van der Waals surface area contributed by atoms with Crippen molar-refractivity contribution in [2.24, 2.45) is 17.8 Å². The molecule has 0 aromatic heterocycles. The minimum absolute atomic E-state index is 0.200. The van der Waals surface area contributed by atoms with E-state index in [4.69, 9.17) is 4.52 Å². The Labute approximate surface area is 166 Å². The number of halogens is 1. The minimum Gasteiger partial charge on any atom is -0.320 e. The maximum absolute atomic E-state index is 7.23. The molecule has 2 aliphatic heterocycles. The number of hydrogen-bond acceptors (Lipinski definition) is 3. The van der Waals surface area contributed by atoms with Gasteiger partial charge in [-0.2, -0.15) is 0 Å². The fourth-order valence-electron chi connectivity index (χ4n) is 6.87. The lowest BCUT2D eigenvalue weighted by Gasteiger charge is -2.57. The smallest absolute Gasteiger partial charge is 0.218 e. The maximum atomic E-state index is 7.23. The molecule has 0 spiro atoms. The lowest BCUT2D eigenvalue weighted by atomic mass is 9.54. The second kappa shape index (κ2) is 6.17. The molecule has 2 saturated heterocycles. The standard InChI is InChI=1S/C21H28BrN2OP/c22-18-3-5-19(6-4-18)24-14-20-2-1-7-23(20)26(24)25-21-11-15-8-16(12-21)10-17(9-15)13-21/h3-6,15-17,20H,1-2,7-14H2/t15?,16?,17?,20-,21?,26?/m0/s1. The van der Waals surface area contributed by atoms with E-state index < -0.39 is 8.45 Å². The molecule has 1 aromatic carbocycles. The SMILES string of the molecule is Brc1ccc(N2C[C@@H]3CCCN3P2OC23CC4CC(CC(C4)C2)C3)cc1. The Morgan fingerprint density at radius 2 is 1.65 bits per heavy atom. The first-order chi connectivity index (χ1) is 12.7. The van der Waals surface area contributed by atoms with Gasteiger partial charge < -0.3 is 9.19 Å². The molecule has 0 radical (unpaired) electrons. The molecule has 5 heteroatoms. The van der Waals surface area contributed by atoms with Crippen molar-refractivity contribution in [2.75, 3.05) is 17.8 Å². The summed E-state index contributed by atoms with van der Waals surface area (Å²) < 4.78 is 13.7. The lowest BCUT2D eigenvalue weighted by molar-refractivity contribution is -0.105. The van der Waals surface area contributed by atoms with E-state index in [-0.39, 0.29) is 5.60 Å². The van der Waals surface area contributed by atoms with Crippen LogP contribution in [0, 0.1) is 17.8 Å². The Hall–Kier alpha value is -0.150. The summed E-state index contributed by atoms with van der Waals surface area (Å²) in [6.45, 7) is 2.38. The van der Waals surface area contributed by atoms with E-state index in [0.29, 0.717) is 6.04 Å². The second-order valence-electron chi connectivity index (χ2n) is 9.46. The topological polar surface area (TPSA) is 15.7 Å². The van der Waals surface area contributed by atoms with Gasteiger partial charge in [0, 0.05) is 29.3 Å². The Morgan fingerprint density at radius 1 is 1.00 bits per heavy atom. The molecular weight excluding hydrogens is 407 g/mol. The Morgan fingerprint density at radius 3 is 2.31 bits per heavy atom. The van der Waals surface area contributed by atoms with Crippen LogP contribution in [0.3, 0.4) is 0 Å². The van der Waals surface area contributed by atoms with Crippen molar-refractivity contribution in [3.63, 3.8) is 0 Å². The van der Waals surface area contributed by atoms with Gasteiger partial charge in [-0.1, -0.05) is 15.9 Å². The third-order valence-electron chi connectivity index (χ3n) is 7.54. The normalized spacial score (nSPS) is 44.0. The first-order valence-corrected chi connectivity index (χ1v) is 12.4. The molecule has 7 rings (SSSR count). The predicted molar refractivity (Wildman–Crippen MR) is 110 cm³/mol. The van der Waals surface area contributed by atoms with E-state index in [1.807, 2.05) is 0 Å². The zero-order valence-electron chi connectivity index (χ0n) is 15.3. The summed E-state index contributed by atoms with van der Waals surface area (Å²) in [5.74, 6) is 2.86. The van der Waals surface area contributed by atoms with Crippen LogP contribution in [0.25, 0.3) is 0 Å². The largest absolute Gasteiger partial charge is 0.320 e. The van der Waals surface area contributed by atoms with Crippen LogP contribution in [-0.2, 0) is 4.52 Å². The van der Waals surface area contributed by atoms with Crippen molar-refractivity contribution < 1.29 is 4.52 Å². The number of hydrogen-bond donors (Lipinski definition) is 0. The average molecular weight is 435 g/mol. The monoisotopic (exact) mass is 434 g/mol. The van der Waals surface area contributed by atoms with Gasteiger partial charge in [0.15, 0.2) is 0 Å². The van der Waals surface area contributed by atoms with Gasteiger partial charge in [-0.05, 0) is 93.4 Å². The number of nitrogens with zero attached hydrogens (tertiary/aromatic N) is 2. The predicted octanol–water partition coefficient (Wildman–Crippen LogP) is 5.95. The molecule has 4 saturated carbocycles. The fraction of sp³-hybridized carbons (Fsp3) is 0.714. The molecule has 3 nitrogen and oxygen atoms in total. The summed E-state index contributed by atoms with van der Waals surface area (Å²) >= 11 is 3.59. The third-order valence-corrected chi connectivity index (χ3v) is 10.4. The first-order valence-electron chi connectivity index (χ1n) is 10.5. The number of anilines is 1. The van der Waals surface area contributed by atoms with Gasteiger partial charge in [-0.15, -0.1) is 0 Å². The Kier molecular flexibility index (Phi) is 3.98. The molecule has 1 aromatic rings. The number of benzene rings is 1. The van der Waals surface area contributed by atoms with Crippen molar-refractivity contribution in [2.45, 2.75) is 63.0 Å². The fourth-order valence-corrected chi connectivity index (χ4v) is 9.63. The Balaban J connectivity index is 1.31. The molecule has 0 N–H and O–H groups in total. The van der Waals surface area contributed by atoms with Crippen LogP contribution in [-0.4, -0.2) is 29.4 Å². The van der Waals surface area contributed by atoms with Gasteiger partial charge in [0.25, 0.3) is 0 Å². The van der Waals surface area contributed by atoms with E-state index >= 15 is 0 Å². The molecular formula is C21H28BrN2OP. The maximum Gasteiger partial charge on any atom is 0.218 e. The average Bonchev–Trinajstić information content (AvgIpc) is 3.17. The molecule has 2 heterocycles. The third kappa shape index (κ3) is 2.70. The van der Waals surface area contributed by atoms with Crippen molar-refractivity contribution in [1.82, 2.24) is 4.67 Å². The Bertz CT molecular complexity index is 660. The lowest BCUT2D eigenvalue weighted by Crippen LogP contribution is -2.52. The summed E-state index contributed by atoms with van der Waals surface area (Å²) in [6.07, 6.45) is 11.2. The van der Waals surface area contributed by atoms with Gasteiger partial charge >= 0.3 is 0 Å². The quantitative estimate of drug-likeness (QED) is 0.546. The highest BCUT2D eigenvalue weighted by atomic mass is 79.9. The molecule has 0 amide bonds. The van der Waals surface area contributed by atoms with E-state index in [1.165, 1.54) is 63.6 Å². The number of fused-ring (bicyclic) bond motifs is 1. The molecule has 26 heavy (non-hydrogen) atoms. The van der Waals surface area contributed by atoms with Crippen LogP contribution in [0.15, 0.2) is 28.7 Å². The highest BCUT2D eigenvalue weighted by Gasteiger charge is 2.55. The van der Waals surface area contributed by atoms with Crippen molar-refractivity contribution in [3.8, 4) is 0 Å². The van der Waals surface area contributed by atoms with Gasteiger partial charge in [0.05, 0.1) is 5.60 Å². The van der Waals surface area contributed by atoms with E-state index in [1.54, 1.807) is 0 Å². The second-order valence-corrected chi connectivity index (χ2v) is 12.1. The summed E-state index contributed by atoms with van der Waals surface area (Å²) in [5, 5.41) is 0. The van der Waals surface area contributed by atoms with Crippen LogP contribution in [0.2, 0.25) is 0 Å². The summed E-state index contributed by atoms with van der Waals surface area (Å²) in [6, 6.07) is 9.60. The summed E-state index contributed by atoms with van der Waals surface area (Å²) in [5.41, 5.74) is 1.55. The van der Waals surface area contributed by atoms with E-state index in [9.17, 15) is 0 Å². The van der Waals surface area contributed by atoms with Crippen LogP contribution in [0.4, 0.5) is 5.69 Å². The molecule has 4 bridgehead atoms. The molecule has 1 unspecified atom stereocenters. The van der Waals surface area contributed by atoms with Gasteiger partial charge in [0.2, 0.25) is 8.45 Å². The van der Waals surface area contributed by atoms with Gasteiger partial charge in [0.1, 0.15) is 0 Å². The molecule has 6 aliphatic rings. The van der Waals surface area contributed by atoms with Crippen LogP contribution < -0.4 is 4.67 Å². The molecule has 140 valence electrons. The molecule has 6 fully saturated rings. The highest BCUT2D eigenvalue weighted by Crippen LogP contribution is 2.65. The summed E-state index contributed by atoms with van der Waals surface area (Å²) in [4.78, 5) is 0. The van der Waals surface area contributed by atoms with Crippen molar-refractivity contribution in [1.29, 1.82) is 0 Å². The minimum atomic E-state index is -0.644. The zero-order valence-corrected chi connectivity index (χ0v) is 17.8. The zero-order chi connectivity index (χ0) is 17.3. The summed E-state index contributed by atoms with van der Waals surface area (Å²) in [7, 11) is -0.644. The molecule has 4 aliphatic carbocycles. The first kappa shape index (κ1) is 16.8. The highest BCUT2D eigenvalue weighted by molar-refractivity contribution is 9.10. The number of rotatable bonds is 3. The van der Waals surface area contributed by atoms with E-state index in [0.717, 1.165) is 28.8 Å². The van der Waals surface area contributed by atoms with Gasteiger partial charge in [-0.3, -0.25) is 0 Å². The van der Waals surface area contributed by atoms with Crippen LogP contribution >= 0.6 is 24.4 Å². The van der Waals surface area contributed by atoms with Crippen molar-refractivity contribution in [3.05, 3.63) is 28.7 Å². The van der Waals surface area contributed by atoms with Crippen LogP contribution in [0.5, 0.6) is 0 Å².